The summed E-state index contributed by atoms with van der Waals surface area (Å²) < 4.78 is 81.2. The molecule has 6 aliphatic rings. The van der Waals surface area contributed by atoms with E-state index in [0.29, 0.717) is 27.9 Å². The lowest BCUT2D eigenvalue weighted by Crippen LogP contribution is -2.64. The number of ether oxygens (including phenoxy) is 2. The lowest BCUT2D eigenvalue weighted by molar-refractivity contribution is -0.251. The van der Waals surface area contributed by atoms with Crippen molar-refractivity contribution in [2.45, 2.75) is 91.8 Å². The van der Waals surface area contributed by atoms with E-state index in [-0.39, 0.29) is 5.56 Å². The maximum Gasteiger partial charge on any atom is 0.294 e. The van der Waals surface area contributed by atoms with Crippen LogP contribution in [0, 0.1) is 0 Å². The molecule has 1 saturated heterocycles. The lowest BCUT2D eigenvalue weighted by atomic mass is 9.82. The Morgan fingerprint density at radius 2 is 1.55 bits per heavy atom. The van der Waals surface area contributed by atoms with Crippen LogP contribution in [0.5, 0.6) is 11.5 Å². The molecule has 0 bridgehead atoms. The zero-order chi connectivity index (χ0) is 37.0. The van der Waals surface area contributed by atoms with Crippen LogP contribution in [-0.4, -0.2) is 105 Å². The summed E-state index contributed by atoms with van der Waals surface area (Å²) in [7, 11) is -9.78. The van der Waals surface area contributed by atoms with E-state index in [9.17, 15) is 41.8 Å². The van der Waals surface area contributed by atoms with Crippen LogP contribution in [0.15, 0.2) is 40.1 Å². The summed E-state index contributed by atoms with van der Waals surface area (Å²) in [5.41, 5.74) is 6.82. The van der Waals surface area contributed by atoms with Crippen molar-refractivity contribution < 1.29 is 51.3 Å². The fourth-order valence-electron chi connectivity index (χ4n) is 9.36. The Labute approximate surface area is 306 Å². The lowest BCUT2D eigenvalue weighted by Gasteiger charge is -2.40. The number of aliphatic hydroxyl groups is 4. The zero-order valence-corrected chi connectivity index (χ0v) is 30.5. The summed E-state index contributed by atoms with van der Waals surface area (Å²) in [6.07, 6.45) is -0.0999. The van der Waals surface area contributed by atoms with Gasteiger partial charge in [0.15, 0.2) is 6.29 Å². The highest BCUT2D eigenvalue weighted by Gasteiger charge is 2.46. The number of aryl methyl sites for hydroxylation is 2. The summed E-state index contributed by atoms with van der Waals surface area (Å²) in [5, 5.41) is 43.5. The number of nitrogens with zero attached hydrogens (tertiary/aromatic N) is 2. The topological polar surface area (TPSA) is 206 Å². The average molecular weight is 769 g/mol. The Morgan fingerprint density at radius 1 is 0.830 bits per heavy atom. The number of hydrogen-bond acceptors (Lipinski definition) is 11. The van der Waals surface area contributed by atoms with E-state index < -0.39 is 67.2 Å². The normalized spacial score (nSPS) is 26.3. The molecule has 0 spiro atoms. The maximum absolute atomic E-state index is 14.6. The molecule has 6 N–H and O–H groups in total. The first-order valence-corrected chi connectivity index (χ1v) is 21.2. The molecule has 1 fully saturated rings. The smallest absolute Gasteiger partial charge is 0.294 e. The van der Waals surface area contributed by atoms with Gasteiger partial charge in [0, 0.05) is 64.7 Å². The fraction of sp³-hybridized carbons (Fsp3) is 0.486. The molecule has 16 heteroatoms. The van der Waals surface area contributed by atoms with Crippen molar-refractivity contribution in [1.82, 2.24) is 9.30 Å². The summed E-state index contributed by atoms with van der Waals surface area (Å²) in [4.78, 5) is 1.18. The van der Waals surface area contributed by atoms with Gasteiger partial charge >= 0.3 is 0 Å². The van der Waals surface area contributed by atoms with Crippen LogP contribution in [0.2, 0.25) is 0 Å². The van der Waals surface area contributed by atoms with Gasteiger partial charge < -0.3 is 34.8 Å². The van der Waals surface area contributed by atoms with E-state index in [1.807, 2.05) is 0 Å². The highest BCUT2D eigenvalue weighted by atomic mass is 32.2. The molecular formula is C37H42N3O11S2+. The number of benzene rings is 3. The van der Waals surface area contributed by atoms with E-state index in [1.54, 1.807) is 0 Å². The molecule has 3 aromatic carbocycles. The summed E-state index contributed by atoms with van der Waals surface area (Å²) in [6.45, 7) is 2.98. The summed E-state index contributed by atoms with van der Waals surface area (Å²) in [5.74, 6) is 1.28. The molecule has 9 rings (SSSR count). The molecule has 0 aliphatic carbocycles. The number of rotatable bonds is 6. The van der Waals surface area contributed by atoms with Gasteiger partial charge in [0.25, 0.3) is 10.1 Å². The van der Waals surface area contributed by atoms with E-state index in [4.69, 9.17) is 9.47 Å². The largest absolute Gasteiger partial charge is 0.455 e. The Balaban J connectivity index is 1.34. The minimum absolute atomic E-state index is 0.122. The second kappa shape index (κ2) is 12.8. The third-order valence-corrected chi connectivity index (χ3v) is 14.0. The zero-order valence-electron chi connectivity index (χ0n) is 28.9. The Kier molecular flexibility index (Phi) is 8.53. The van der Waals surface area contributed by atoms with Crippen molar-refractivity contribution in [2.24, 2.45) is 0 Å². The second-order valence-electron chi connectivity index (χ2n) is 14.9. The van der Waals surface area contributed by atoms with E-state index in [2.05, 4.69) is 26.3 Å². The molecule has 0 saturated carbocycles. The molecule has 3 unspecified atom stereocenters. The summed E-state index contributed by atoms with van der Waals surface area (Å²) >= 11 is 0. The molecule has 5 atom stereocenters. The number of sulfonamides is 1. The average Bonchev–Trinajstić information content (AvgIpc) is 3.14. The van der Waals surface area contributed by atoms with Crippen LogP contribution >= 0.6 is 0 Å². The molecule has 53 heavy (non-hydrogen) atoms. The number of anilines is 1. The van der Waals surface area contributed by atoms with Gasteiger partial charge in [-0.1, -0.05) is 6.07 Å². The van der Waals surface area contributed by atoms with Crippen LogP contribution in [0.4, 0.5) is 5.69 Å². The van der Waals surface area contributed by atoms with Crippen molar-refractivity contribution >= 4 is 31.4 Å². The minimum atomic E-state index is -4.90. The maximum atomic E-state index is 14.6. The van der Waals surface area contributed by atoms with Crippen molar-refractivity contribution in [3.63, 3.8) is 0 Å². The van der Waals surface area contributed by atoms with Gasteiger partial charge in [-0.15, -0.1) is 0 Å². The molecule has 0 amide bonds. The van der Waals surface area contributed by atoms with Crippen LogP contribution in [0.1, 0.15) is 59.1 Å². The Bertz CT molecular complexity index is 2410. The first-order chi connectivity index (χ1) is 25.4. The van der Waals surface area contributed by atoms with Crippen LogP contribution in [0.3, 0.4) is 0 Å². The van der Waals surface area contributed by atoms with Gasteiger partial charge in [0.2, 0.25) is 15.4 Å². The molecule has 3 aromatic rings. The summed E-state index contributed by atoms with van der Waals surface area (Å²) in [6, 6.07) is 5.71. The van der Waals surface area contributed by atoms with Crippen molar-refractivity contribution in [2.75, 3.05) is 37.7 Å². The monoisotopic (exact) mass is 768 g/mol. The predicted molar refractivity (Wildman–Crippen MR) is 191 cm³/mol. The SMILES string of the molecule is O=S(=O)(O)c1ccc(C2=c3cc4c5c(c3Oc3c2cc2c6c3CCCN6CCC2)CCC[N+]=5CCC4)c(S(=O)(=O)N[C@H]2C(O)OC(CO)[C@H](O)C2O)c1. The van der Waals surface area contributed by atoms with Gasteiger partial charge in [0.05, 0.1) is 22.0 Å². The Morgan fingerprint density at radius 3 is 2.30 bits per heavy atom. The molecule has 0 aromatic heterocycles. The number of nitrogens with one attached hydrogen (secondary N) is 1. The first kappa shape index (κ1) is 35.3. The van der Waals surface area contributed by atoms with Crippen LogP contribution in [-0.2, 0) is 50.6 Å². The van der Waals surface area contributed by atoms with Crippen molar-refractivity contribution in [1.29, 1.82) is 0 Å². The molecular weight excluding hydrogens is 727 g/mol. The molecule has 282 valence electrons. The standard InChI is InChI=1S/C37H41N3O11S2/c41-18-27-33(42)34(43)30(37(44)50-27)38-52(45,46)28-17-21(53(47,48)49)9-10-22(28)29-25-15-19-5-1-11-39-13-3-7-23(31(19)39)35(25)51-36-24-8-4-14-40-12-2-6-20(32(24)40)16-26(29)36/h9-10,15-17,27,30,33-34,37-38,41-44H,1-8,11-14,18H2/p+1/t27?,30-,33+,34?,37?/m1/s1. The Hall–Kier alpha value is -3.45. The fourth-order valence-corrected chi connectivity index (χ4v) is 11.4. The highest BCUT2D eigenvalue weighted by molar-refractivity contribution is 7.89. The van der Waals surface area contributed by atoms with Crippen LogP contribution in [0.25, 0.3) is 5.57 Å². The molecule has 14 nitrogen and oxygen atoms in total. The third-order valence-electron chi connectivity index (χ3n) is 11.7. The van der Waals surface area contributed by atoms with Gasteiger partial charge in [0.1, 0.15) is 48.9 Å². The van der Waals surface area contributed by atoms with Gasteiger partial charge in [-0.05, 0) is 68.4 Å². The van der Waals surface area contributed by atoms with Crippen LogP contribution < -0.4 is 29.5 Å². The molecule has 6 heterocycles. The first-order valence-electron chi connectivity index (χ1n) is 18.2. The predicted octanol–water partition coefficient (Wildman–Crippen LogP) is -0.553. The third kappa shape index (κ3) is 5.64. The van der Waals surface area contributed by atoms with Crippen molar-refractivity contribution in [3.8, 4) is 11.5 Å². The van der Waals surface area contributed by atoms with E-state index >= 15 is 0 Å². The molecule has 6 aliphatic heterocycles. The number of fused-ring (bicyclic) bond motifs is 4. The van der Waals surface area contributed by atoms with E-state index in [1.165, 1.54) is 6.07 Å². The van der Waals surface area contributed by atoms with Gasteiger partial charge in [-0.2, -0.15) is 8.42 Å². The highest BCUT2D eigenvalue weighted by Crippen LogP contribution is 2.49. The minimum Gasteiger partial charge on any atom is -0.455 e. The van der Waals surface area contributed by atoms with Gasteiger partial charge in [-0.3, -0.25) is 4.55 Å². The quantitative estimate of drug-likeness (QED) is 0.108. The number of hydrogen-bond donors (Lipinski definition) is 6. The van der Waals surface area contributed by atoms with Crippen molar-refractivity contribution in [3.05, 3.63) is 74.3 Å². The van der Waals surface area contributed by atoms with E-state index in [0.717, 1.165) is 123 Å². The second-order valence-corrected chi connectivity index (χ2v) is 18.0. The number of aliphatic hydroxyl groups excluding tert-OH is 4. The van der Waals surface area contributed by atoms with Gasteiger partial charge in [-0.25, -0.2) is 17.7 Å². The molecule has 0 radical (unpaired) electrons.